The number of sulfonamides is 1. The maximum atomic E-state index is 11.2. The van der Waals surface area contributed by atoms with Gasteiger partial charge in [-0.3, -0.25) is 4.79 Å². The van der Waals surface area contributed by atoms with E-state index in [-0.39, 0.29) is 17.1 Å². The average molecular weight is 303 g/mol. The fourth-order valence-electron chi connectivity index (χ4n) is 1.60. The van der Waals surface area contributed by atoms with Crippen molar-refractivity contribution in [2.75, 3.05) is 6.61 Å². The molecule has 4 N–H and O–H groups in total. The van der Waals surface area contributed by atoms with Crippen LogP contribution >= 0.6 is 0 Å². The molecule has 20 heavy (non-hydrogen) atoms. The first kappa shape index (κ1) is 16.6. The Morgan fingerprint density at radius 2 is 2.05 bits per heavy atom. The van der Waals surface area contributed by atoms with Crippen LogP contribution in [0.2, 0.25) is 0 Å². The van der Waals surface area contributed by atoms with Crippen LogP contribution in [0.25, 0.3) is 0 Å². The molecule has 0 aliphatic rings. The zero-order valence-corrected chi connectivity index (χ0v) is 11.7. The van der Waals surface area contributed by atoms with E-state index in [9.17, 15) is 23.4 Å². The van der Waals surface area contributed by atoms with Gasteiger partial charge < -0.3 is 14.9 Å². The van der Waals surface area contributed by atoms with Gasteiger partial charge in [0, 0.05) is 0 Å². The Kier molecular flexibility index (Phi) is 5.63. The Labute approximate surface area is 117 Å². The molecule has 7 nitrogen and oxygen atoms in total. The van der Waals surface area contributed by atoms with Crippen molar-refractivity contribution in [3.63, 3.8) is 0 Å². The first-order chi connectivity index (χ1) is 9.25. The standard InChI is InChI=1S/C12H17NO6S/c1-2-19-11(15)7-10(14)12(16)8-4-3-5-9(6-8)20(13,17)18/h3-6,10,12,14,16H,2,7H2,1H3,(H2,13,17,18). The van der Waals surface area contributed by atoms with E-state index in [1.807, 2.05) is 0 Å². The highest BCUT2D eigenvalue weighted by Gasteiger charge is 2.23. The number of carbonyl (C=O) groups excluding carboxylic acids is 1. The van der Waals surface area contributed by atoms with E-state index in [1.165, 1.54) is 18.2 Å². The van der Waals surface area contributed by atoms with Gasteiger partial charge in [0.2, 0.25) is 10.0 Å². The predicted molar refractivity (Wildman–Crippen MR) is 70.0 cm³/mol. The topological polar surface area (TPSA) is 127 Å². The fourth-order valence-corrected chi connectivity index (χ4v) is 2.17. The van der Waals surface area contributed by atoms with Gasteiger partial charge in [-0.05, 0) is 24.6 Å². The summed E-state index contributed by atoms with van der Waals surface area (Å²) in [6.45, 7) is 1.79. The van der Waals surface area contributed by atoms with Gasteiger partial charge in [0.15, 0.2) is 0 Å². The zero-order chi connectivity index (χ0) is 15.3. The smallest absolute Gasteiger partial charge is 0.308 e. The minimum atomic E-state index is -3.90. The molecule has 1 rings (SSSR count). The molecule has 0 heterocycles. The minimum absolute atomic E-state index is 0.147. The number of benzene rings is 1. The van der Waals surface area contributed by atoms with Gasteiger partial charge in [-0.1, -0.05) is 12.1 Å². The minimum Gasteiger partial charge on any atom is -0.466 e. The van der Waals surface area contributed by atoms with E-state index in [0.717, 1.165) is 6.07 Å². The Morgan fingerprint density at radius 3 is 2.60 bits per heavy atom. The molecule has 8 heteroatoms. The van der Waals surface area contributed by atoms with Crippen molar-refractivity contribution < 1.29 is 28.2 Å². The van der Waals surface area contributed by atoms with E-state index >= 15 is 0 Å². The van der Waals surface area contributed by atoms with Crippen LogP contribution in [0.4, 0.5) is 0 Å². The molecule has 0 spiro atoms. The van der Waals surface area contributed by atoms with Crippen LogP contribution in [0.15, 0.2) is 29.2 Å². The molecule has 0 saturated heterocycles. The van der Waals surface area contributed by atoms with Crippen molar-refractivity contribution in [3.8, 4) is 0 Å². The number of carbonyl (C=O) groups is 1. The summed E-state index contributed by atoms with van der Waals surface area (Å²) >= 11 is 0. The summed E-state index contributed by atoms with van der Waals surface area (Å²) < 4.78 is 27.1. The van der Waals surface area contributed by atoms with Crippen LogP contribution in [0, 0.1) is 0 Å². The lowest BCUT2D eigenvalue weighted by Crippen LogP contribution is -2.23. The van der Waals surface area contributed by atoms with Gasteiger partial charge >= 0.3 is 5.97 Å². The number of nitrogens with two attached hydrogens (primary N) is 1. The third-order valence-electron chi connectivity index (χ3n) is 2.57. The fraction of sp³-hybridized carbons (Fsp3) is 0.417. The molecule has 1 aromatic rings. The number of hydrogen-bond donors (Lipinski definition) is 3. The highest BCUT2D eigenvalue weighted by Crippen LogP contribution is 2.21. The Hall–Kier alpha value is -1.48. The number of hydrogen-bond acceptors (Lipinski definition) is 6. The Morgan fingerprint density at radius 1 is 1.40 bits per heavy atom. The summed E-state index contributed by atoms with van der Waals surface area (Å²) in [6, 6.07) is 5.22. The molecule has 0 bridgehead atoms. The number of aliphatic hydroxyl groups excluding tert-OH is 2. The Bertz CT molecular complexity index is 571. The molecule has 0 saturated carbocycles. The summed E-state index contributed by atoms with van der Waals surface area (Å²) in [5, 5.41) is 24.6. The third-order valence-corrected chi connectivity index (χ3v) is 3.48. The first-order valence-corrected chi connectivity index (χ1v) is 7.45. The van der Waals surface area contributed by atoms with E-state index in [1.54, 1.807) is 6.92 Å². The molecular formula is C12H17NO6S. The van der Waals surface area contributed by atoms with E-state index < -0.39 is 34.6 Å². The van der Waals surface area contributed by atoms with Crippen LogP contribution in [-0.2, 0) is 19.6 Å². The highest BCUT2D eigenvalue weighted by molar-refractivity contribution is 7.89. The van der Waals surface area contributed by atoms with Crippen molar-refractivity contribution >= 4 is 16.0 Å². The van der Waals surface area contributed by atoms with Gasteiger partial charge in [-0.2, -0.15) is 0 Å². The van der Waals surface area contributed by atoms with Crippen LogP contribution in [-0.4, -0.2) is 37.3 Å². The molecule has 0 aliphatic carbocycles. The molecular weight excluding hydrogens is 286 g/mol. The maximum absolute atomic E-state index is 11.2. The van der Waals surface area contributed by atoms with Gasteiger partial charge in [-0.15, -0.1) is 0 Å². The molecule has 0 fully saturated rings. The zero-order valence-electron chi connectivity index (χ0n) is 10.9. The summed E-state index contributed by atoms with van der Waals surface area (Å²) in [6.07, 6.45) is -3.21. The van der Waals surface area contributed by atoms with Crippen molar-refractivity contribution in [2.24, 2.45) is 5.14 Å². The highest BCUT2D eigenvalue weighted by atomic mass is 32.2. The van der Waals surface area contributed by atoms with Crippen LogP contribution in [0.1, 0.15) is 25.0 Å². The van der Waals surface area contributed by atoms with Crippen molar-refractivity contribution in [2.45, 2.75) is 30.4 Å². The summed E-state index contributed by atoms with van der Waals surface area (Å²) in [5.41, 5.74) is 0.147. The average Bonchev–Trinajstić information content (AvgIpc) is 2.37. The van der Waals surface area contributed by atoms with Crippen molar-refractivity contribution in [1.82, 2.24) is 0 Å². The lowest BCUT2D eigenvalue weighted by molar-refractivity contribution is -0.147. The largest absolute Gasteiger partial charge is 0.466 e. The number of aliphatic hydroxyl groups is 2. The molecule has 1 aromatic carbocycles. The van der Waals surface area contributed by atoms with Crippen LogP contribution in [0.3, 0.4) is 0 Å². The molecule has 0 amide bonds. The second kappa shape index (κ2) is 6.80. The van der Waals surface area contributed by atoms with Gasteiger partial charge in [-0.25, -0.2) is 13.6 Å². The number of ether oxygens (including phenoxy) is 1. The van der Waals surface area contributed by atoms with E-state index in [2.05, 4.69) is 4.74 Å². The SMILES string of the molecule is CCOC(=O)CC(O)C(O)c1cccc(S(N)(=O)=O)c1. The number of esters is 1. The summed E-state index contributed by atoms with van der Waals surface area (Å²) in [4.78, 5) is 11.0. The lowest BCUT2D eigenvalue weighted by Gasteiger charge is -2.17. The van der Waals surface area contributed by atoms with E-state index in [0.29, 0.717) is 0 Å². The summed E-state index contributed by atoms with van der Waals surface area (Å²) in [5.74, 6) is -0.651. The molecule has 112 valence electrons. The second-order valence-electron chi connectivity index (χ2n) is 4.14. The second-order valence-corrected chi connectivity index (χ2v) is 5.70. The lowest BCUT2D eigenvalue weighted by atomic mass is 10.0. The molecule has 2 unspecified atom stereocenters. The van der Waals surface area contributed by atoms with Crippen molar-refractivity contribution in [1.29, 1.82) is 0 Å². The number of rotatable bonds is 6. The van der Waals surface area contributed by atoms with Gasteiger partial charge in [0.25, 0.3) is 0 Å². The summed E-state index contributed by atoms with van der Waals surface area (Å²) in [7, 11) is -3.90. The van der Waals surface area contributed by atoms with Crippen molar-refractivity contribution in [3.05, 3.63) is 29.8 Å². The normalized spacial score (nSPS) is 14.6. The molecule has 2 atom stereocenters. The quantitative estimate of drug-likeness (QED) is 0.618. The first-order valence-electron chi connectivity index (χ1n) is 5.90. The predicted octanol–water partition coefficient (Wildman–Crippen LogP) is -0.318. The van der Waals surface area contributed by atoms with E-state index in [4.69, 9.17) is 5.14 Å². The molecule has 0 aromatic heterocycles. The molecule has 0 radical (unpaired) electrons. The van der Waals surface area contributed by atoms with Crippen LogP contribution in [0.5, 0.6) is 0 Å². The van der Waals surface area contributed by atoms with Crippen LogP contribution < -0.4 is 5.14 Å². The van der Waals surface area contributed by atoms with Gasteiger partial charge in [0.05, 0.1) is 24.0 Å². The monoisotopic (exact) mass is 303 g/mol. The van der Waals surface area contributed by atoms with Gasteiger partial charge in [0.1, 0.15) is 6.10 Å². The number of primary sulfonamides is 1. The molecule has 0 aliphatic heterocycles. The Balaban J connectivity index is 2.87. The maximum Gasteiger partial charge on any atom is 0.308 e. The third kappa shape index (κ3) is 4.57.